The van der Waals surface area contributed by atoms with Crippen LogP contribution in [0, 0.1) is 12.8 Å². The van der Waals surface area contributed by atoms with Crippen molar-refractivity contribution in [3.05, 3.63) is 35.9 Å². The minimum Gasteiger partial charge on any atom is -0.466 e. The van der Waals surface area contributed by atoms with Crippen LogP contribution in [-0.4, -0.2) is 24.3 Å². The summed E-state index contributed by atoms with van der Waals surface area (Å²) >= 11 is 0. The minimum absolute atomic E-state index is 0.0368. The Morgan fingerprint density at radius 2 is 1.66 bits per heavy atom. The number of alkyl halides is 2. The van der Waals surface area contributed by atoms with Crippen LogP contribution >= 0.6 is 0 Å². The van der Waals surface area contributed by atoms with Crippen molar-refractivity contribution in [2.45, 2.75) is 91.4 Å². The zero-order chi connectivity index (χ0) is 22.1. The van der Waals surface area contributed by atoms with Crippen LogP contribution in [-0.2, 0) is 14.3 Å². The van der Waals surface area contributed by atoms with E-state index in [2.05, 4.69) is 26.0 Å². The maximum absolute atomic E-state index is 12.6. The van der Waals surface area contributed by atoms with Crippen molar-refractivity contribution < 1.29 is 23.1 Å². The number of carbonyl (C=O) groups is 2. The second-order valence-electron chi connectivity index (χ2n) is 7.68. The number of hydrogen-bond acceptors (Lipinski definition) is 3. The van der Waals surface area contributed by atoms with Gasteiger partial charge in [-0.3, -0.25) is 4.79 Å². The Kier molecular flexibility index (Phi) is 15.1. The van der Waals surface area contributed by atoms with E-state index in [-0.39, 0.29) is 30.5 Å². The monoisotopic (exact) mass is 412 g/mol. The Bertz CT molecular complexity index is 539. The standard InChI is InChI=1S/C9H14F2O.C8H16O2.C7H8/c1-7(12)6-8-2-4-9(10,11)5-3-8;1-3-5-6-8(9)10-7-4-2;1-7-5-3-2-4-6-7/h8H,2-6H2,1H3;3-7H2,1-2H3;2-6H,1H3. The number of halogens is 2. The molecule has 5 heteroatoms. The number of esters is 1. The van der Waals surface area contributed by atoms with E-state index in [0.717, 1.165) is 19.3 Å². The number of benzene rings is 1. The zero-order valence-corrected chi connectivity index (χ0v) is 18.5. The van der Waals surface area contributed by atoms with Crippen molar-refractivity contribution in [3.8, 4) is 0 Å². The molecule has 1 fully saturated rings. The average Bonchev–Trinajstić information content (AvgIpc) is 2.68. The first kappa shape index (κ1) is 27.2. The number of hydrogen-bond donors (Lipinski definition) is 0. The van der Waals surface area contributed by atoms with E-state index in [1.165, 1.54) is 12.5 Å². The lowest BCUT2D eigenvalue weighted by atomic mass is 9.84. The maximum atomic E-state index is 12.6. The van der Waals surface area contributed by atoms with Crippen LogP contribution in [0.1, 0.15) is 84.1 Å². The summed E-state index contributed by atoms with van der Waals surface area (Å²) in [6, 6.07) is 10.3. The molecule has 0 heterocycles. The molecule has 0 bridgehead atoms. The van der Waals surface area contributed by atoms with Gasteiger partial charge in [0.15, 0.2) is 0 Å². The van der Waals surface area contributed by atoms with E-state index < -0.39 is 5.92 Å². The molecular weight excluding hydrogens is 374 g/mol. The molecule has 1 aromatic carbocycles. The summed E-state index contributed by atoms with van der Waals surface area (Å²) in [7, 11) is 0. The molecule has 0 unspecified atom stereocenters. The van der Waals surface area contributed by atoms with Gasteiger partial charge in [-0.1, -0.05) is 56.2 Å². The van der Waals surface area contributed by atoms with E-state index in [4.69, 9.17) is 4.74 Å². The van der Waals surface area contributed by atoms with Crippen LogP contribution in [0.2, 0.25) is 0 Å². The van der Waals surface area contributed by atoms with Gasteiger partial charge in [0, 0.05) is 25.7 Å². The molecule has 0 amide bonds. The van der Waals surface area contributed by atoms with Gasteiger partial charge in [0.2, 0.25) is 5.92 Å². The molecule has 166 valence electrons. The second kappa shape index (κ2) is 16.1. The molecule has 0 N–H and O–H groups in total. The van der Waals surface area contributed by atoms with Gasteiger partial charge >= 0.3 is 5.97 Å². The largest absolute Gasteiger partial charge is 0.466 e. The number of Topliss-reactive ketones (excluding diaryl/α,β-unsaturated/α-hetero) is 1. The van der Waals surface area contributed by atoms with Crippen molar-refractivity contribution in [2.24, 2.45) is 5.92 Å². The molecule has 0 spiro atoms. The molecule has 0 aliphatic heterocycles. The Morgan fingerprint density at radius 3 is 2.07 bits per heavy atom. The van der Waals surface area contributed by atoms with Gasteiger partial charge < -0.3 is 9.53 Å². The number of aryl methyl sites for hydroxylation is 1. The number of carbonyl (C=O) groups excluding carboxylic acids is 2. The van der Waals surface area contributed by atoms with Crippen molar-refractivity contribution in [3.63, 3.8) is 0 Å². The lowest BCUT2D eigenvalue weighted by Crippen LogP contribution is -2.25. The highest BCUT2D eigenvalue weighted by atomic mass is 19.3. The van der Waals surface area contributed by atoms with Crippen molar-refractivity contribution >= 4 is 11.8 Å². The first-order valence-electron chi connectivity index (χ1n) is 10.7. The van der Waals surface area contributed by atoms with Crippen molar-refractivity contribution in [1.29, 1.82) is 0 Å². The Hall–Kier alpha value is -1.78. The fourth-order valence-electron chi connectivity index (χ4n) is 2.85. The third-order valence-electron chi connectivity index (χ3n) is 4.55. The van der Waals surface area contributed by atoms with Crippen LogP contribution in [0.5, 0.6) is 0 Å². The fourth-order valence-corrected chi connectivity index (χ4v) is 2.85. The SMILES string of the molecule is CC(=O)CC1CCC(F)(F)CC1.CCCCC(=O)OCCC.Cc1ccccc1. The normalized spacial score (nSPS) is 15.2. The smallest absolute Gasteiger partial charge is 0.305 e. The van der Waals surface area contributed by atoms with Gasteiger partial charge in [-0.25, -0.2) is 8.78 Å². The lowest BCUT2D eigenvalue weighted by molar-refractivity contribution is -0.143. The van der Waals surface area contributed by atoms with Gasteiger partial charge in [-0.2, -0.15) is 0 Å². The Labute approximate surface area is 175 Å². The molecule has 1 aliphatic carbocycles. The van der Waals surface area contributed by atoms with E-state index in [0.29, 0.717) is 32.3 Å². The van der Waals surface area contributed by atoms with Gasteiger partial charge in [0.05, 0.1) is 6.61 Å². The zero-order valence-electron chi connectivity index (χ0n) is 18.5. The predicted molar refractivity (Wildman–Crippen MR) is 114 cm³/mol. The topological polar surface area (TPSA) is 43.4 Å². The Balaban J connectivity index is 0.000000419. The molecule has 0 saturated heterocycles. The summed E-state index contributed by atoms with van der Waals surface area (Å²) in [4.78, 5) is 21.4. The average molecular weight is 413 g/mol. The summed E-state index contributed by atoms with van der Waals surface area (Å²) in [5.74, 6) is -2.19. The highest BCUT2D eigenvalue weighted by Gasteiger charge is 2.34. The molecule has 29 heavy (non-hydrogen) atoms. The summed E-state index contributed by atoms with van der Waals surface area (Å²) in [5, 5.41) is 0. The van der Waals surface area contributed by atoms with E-state index in [9.17, 15) is 18.4 Å². The van der Waals surface area contributed by atoms with Crippen LogP contribution < -0.4 is 0 Å². The highest BCUT2D eigenvalue weighted by Crippen LogP contribution is 2.37. The molecule has 1 aliphatic rings. The molecule has 0 radical (unpaired) electrons. The third kappa shape index (κ3) is 16.8. The van der Waals surface area contributed by atoms with Crippen LogP contribution in [0.15, 0.2) is 30.3 Å². The summed E-state index contributed by atoms with van der Waals surface area (Å²) in [6.07, 6.45) is 4.92. The predicted octanol–water partition coefficient (Wildman–Crippen LogP) is 6.92. The molecule has 1 aromatic rings. The summed E-state index contributed by atoms with van der Waals surface area (Å²) in [6.45, 7) is 8.23. The maximum Gasteiger partial charge on any atom is 0.305 e. The van der Waals surface area contributed by atoms with Crippen LogP contribution in [0.3, 0.4) is 0 Å². The lowest BCUT2D eigenvalue weighted by Gasteiger charge is -2.27. The second-order valence-corrected chi connectivity index (χ2v) is 7.68. The molecular formula is C24H38F2O3. The van der Waals surface area contributed by atoms with Crippen LogP contribution in [0.25, 0.3) is 0 Å². The first-order valence-corrected chi connectivity index (χ1v) is 10.7. The van der Waals surface area contributed by atoms with E-state index in [1.54, 1.807) is 0 Å². The number of rotatable bonds is 7. The van der Waals surface area contributed by atoms with E-state index in [1.807, 2.05) is 25.1 Å². The van der Waals surface area contributed by atoms with Gasteiger partial charge in [-0.15, -0.1) is 0 Å². The fraction of sp³-hybridized carbons (Fsp3) is 0.667. The van der Waals surface area contributed by atoms with Gasteiger partial charge in [0.1, 0.15) is 5.78 Å². The quantitative estimate of drug-likeness (QED) is 0.457. The molecule has 1 saturated carbocycles. The van der Waals surface area contributed by atoms with Crippen molar-refractivity contribution in [1.82, 2.24) is 0 Å². The molecule has 0 aromatic heterocycles. The number of ether oxygens (including phenoxy) is 1. The Morgan fingerprint density at radius 1 is 1.07 bits per heavy atom. The number of ketones is 1. The van der Waals surface area contributed by atoms with Crippen molar-refractivity contribution in [2.75, 3.05) is 6.61 Å². The number of unbranched alkanes of at least 4 members (excludes halogenated alkanes) is 1. The summed E-state index contributed by atoms with van der Waals surface area (Å²) < 4.78 is 30.1. The first-order chi connectivity index (χ1) is 13.7. The minimum atomic E-state index is -2.46. The van der Waals surface area contributed by atoms with E-state index >= 15 is 0 Å². The van der Waals surface area contributed by atoms with Gasteiger partial charge in [-0.05, 0) is 45.4 Å². The highest BCUT2D eigenvalue weighted by molar-refractivity contribution is 5.75. The summed E-state index contributed by atoms with van der Waals surface area (Å²) in [5.41, 5.74) is 1.32. The molecule has 0 atom stereocenters. The van der Waals surface area contributed by atoms with Crippen LogP contribution in [0.4, 0.5) is 8.78 Å². The third-order valence-corrected chi connectivity index (χ3v) is 4.55. The van der Waals surface area contributed by atoms with Gasteiger partial charge in [0.25, 0.3) is 0 Å². The molecule has 3 nitrogen and oxygen atoms in total. The molecule has 2 rings (SSSR count).